The zero-order valence-corrected chi connectivity index (χ0v) is 19.4. The summed E-state index contributed by atoms with van der Waals surface area (Å²) < 4.78 is 35.4. The van der Waals surface area contributed by atoms with Crippen molar-refractivity contribution in [3.63, 3.8) is 0 Å². The molecule has 1 aliphatic carbocycles. The Bertz CT molecular complexity index is 1480. The first kappa shape index (κ1) is 20.3. The van der Waals surface area contributed by atoms with E-state index < -0.39 is 10.0 Å². The summed E-state index contributed by atoms with van der Waals surface area (Å²) in [4.78, 5) is 13.0. The lowest BCUT2D eigenvalue weighted by atomic mass is 9.76. The van der Waals surface area contributed by atoms with Crippen LogP contribution < -0.4 is 4.72 Å². The van der Waals surface area contributed by atoms with E-state index in [1.807, 2.05) is 38.1 Å². The van der Waals surface area contributed by atoms with Gasteiger partial charge in [0.15, 0.2) is 5.78 Å². The molecule has 158 valence electrons. The van der Waals surface area contributed by atoms with Gasteiger partial charge in [0.25, 0.3) is 10.0 Å². The van der Waals surface area contributed by atoms with Crippen molar-refractivity contribution >= 4 is 59.2 Å². The largest absolute Gasteiger partial charge is 0.459 e. The summed E-state index contributed by atoms with van der Waals surface area (Å²) in [6, 6.07) is 16.0. The van der Waals surface area contributed by atoms with Gasteiger partial charge in [-0.1, -0.05) is 44.2 Å². The number of benzene rings is 3. The number of hydrogen-bond acceptors (Lipinski definition) is 4. The van der Waals surface area contributed by atoms with Crippen molar-refractivity contribution in [3.8, 4) is 0 Å². The molecule has 31 heavy (non-hydrogen) atoms. The van der Waals surface area contributed by atoms with Gasteiger partial charge in [-0.2, -0.15) is 0 Å². The van der Waals surface area contributed by atoms with Crippen LogP contribution >= 0.6 is 15.9 Å². The van der Waals surface area contributed by atoms with Gasteiger partial charge in [0.1, 0.15) is 11.3 Å². The Morgan fingerprint density at radius 3 is 2.52 bits per heavy atom. The highest BCUT2D eigenvalue weighted by Crippen LogP contribution is 2.42. The van der Waals surface area contributed by atoms with Gasteiger partial charge < -0.3 is 4.42 Å². The molecule has 0 aliphatic heterocycles. The molecule has 1 heterocycles. The number of rotatable bonds is 3. The van der Waals surface area contributed by atoms with Crippen LogP contribution in [0.15, 0.2) is 68.4 Å². The quantitative estimate of drug-likeness (QED) is 0.360. The highest BCUT2D eigenvalue weighted by Gasteiger charge is 2.35. The van der Waals surface area contributed by atoms with E-state index in [-0.39, 0.29) is 16.1 Å². The SMILES string of the molecule is CC1(C)CC(=O)c2c(oc3c(Br)cc(NS(=O)(=O)c4ccc5ccccc5c4)cc23)C1. The molecule has 5 rings (SSSR count). The summed E-state index contributed by atoms with van der Waals surface area (Å²) in [7, 11) is -3.81. The number of ketones is 1. The number of Topliss-reactive ketones (excluding diaryl/α,β-unsaturated/α-hetero) is 1. The van der Waals surface area contributed by atoms with Crippen LogP contribution in [-0.2, 0) is 16.4 Å². The van der Waals surface area contributed by atoms with E-state index in [2.05, 4.69) is 20.7 Å². The van der Waals surface area contributed by atoms with E-state index >= 15 is 0 Å². The maximum atomic E-state index is 13.1. The minimum Gasteiger partial charge on any atom is -0.459 e. The zero-order valence-electron chi connectivity index (χ0n) is 17.0. The predicted molar refractivity (Wildman–Crippen MR) is 125 cm³/mol. The number of halogens is 1. The molecule has 1 aliphatic rings. The number of nitrogens with one attached hydrogen (secondary N) is 1. The first-order valence-corrected chi connectivity index (χ1v) is 12.2. The van der Waals surface area contributed by atoms with Gasteiger partial charge >= 0.3 is 0 Å². The molecule has 0 saturated carbocycles. The molecule has 5 nitrogen and oxygen atoms in total. The lowest BCUT2D eigenvalue weighted by Gasteiger charge is -2.27. The summed E-state index contributed by atoms with van der Waals surface area (Å²) in [5.41, 5.74) is 1.32. The molecule has 3 aromatic carbocycles. The summed E-state index contributed by atoms with van der Waals surface area (Å²) >= 11 is 3.48. The topological polar surface area (TPSA) is 76.4 Å². The first-order chi connectivity index (χ1) is 14.6. The van der Waals surface area contributed by atoms with Crippen molar-refractivity contribution in [1.82, 2.24) is 0 Å². The smallest absolute Gasteiger partial charge is 0.261 e. The number of hydrogen-bond donors (Lipinski definition) is 1. The molecule has 4 aromatic rings. The third-order valence-corrected chi connectivity index (χ3v) is 7.63. The van der Waals surface area contributed by atoms with Gasteiger partial charge in [0, 0.05) is 18.2 Å². The second-order valence-electron chi connectivity index (χ2n) is 8.79. The van der Waals surface area contributed by atoms with Crippen LogP contribution in [0.4, 0.5) is 5.69 Å². The third-order valence-electron chi connectivity index (χ3n) is 5.66. The lowest BCUT2D eigenvalue weighted by molar-refractivity contribution is 0.0906. The number of fused-ring (bicyclic) bond motifs is 4. The summed E-state index contributed by atoms with van der Waals surface area (Å²) in [5, 5.41) is 2.44. The second kappa shape index (κ2) is 6.93. The lowest BCUT2D eigenvalue weighted by Crippen LogP contribution is -2.25. The standard InChI is InChI=1S/C24H20BrNO4S/c1-24(2)12-20(27)22-18-10-16(11-19(25)23(18)30-21(22)13-24)26-31(28,29)17-8-7-14-5-3-4-6-15(14)9-17/h3-11,26H,12-13H2,1-2H3. The van der Waals surface area contributed by atoms with Crippen LogP contribution in [0, 0.1) is 5.41 Å². The van der Waals surface area contributed by atoms with Crippen molar-refractivity contribution in [1.29, 1.82) is 0 Å². The maximum absolute atomic E-state index is 13.1. The van der Waals surface area contributed by atoms with Crippen LogP contribution in [0.3, 0.4) is 0 Å². The molecule has 1 N–H and O–H groups in total. The first-order valence-electron chi connectivity index (χ1n) is 9.93. The van der Waals surface area contributed by atoms with Crippen LogP contribution in [0.5, 0.6) is 0 Å². The Balaban J connectivity index is 1.57. The van der Waals surface area contributed by atoms with Gasteiger partial charge in [-0.25, -0.2) is 8.42 Å². The maximum Gasteiger partial charge on any atom is 0.261 e. The Kier molecular flexibility index (Phi) is 4.53. The number of furan rings is 1. The number of carbonyl (C=O) groups is 1. The number of carbonyl (C=O) groups excluding carboxylic acids is 1. The fourth-order valence-electron chi connectivity index (χ4n) is 4.27. The van der Waals surface area contributed by atoms with Crippen molar-refractivity contribution in [2.75, 3.05) is 4.72 Å². The highest BCUT2D eigenvalue weighted by atomic mass is 79.9. The molecule has 0 bridgehead atoms. The molecule has 1 aromatic heterocycles. The fraction of sp³-hybridized carbons (Fsp3) is 0.208. The zero-order chi connectivity index (χ0) is 22.0. The number of sulfonamides is 1. The minimum absolute atomic E-state index is 0.0198. The fourth-order valence-corrected chi connectivity index (χ4v) is 5.88. The molecule has 0 atom stereocenters. The van der Waals surface area contributed by atoms with Crippen LogP contribution in [0.1, 0.15) is 36.4 Å². The highest BCUT2D eigenvalue weighted by molar-refractivity contribution is 9.10. The van der Waals surface area contributed by atoms with E-state index in [1.165, 1.54) is 0 Å². The van der Waals surface area contributed by atoms with E-state index in [0.717, 1.165) is 10.8 Å². The molecule has 0 fully saturated rings. The van der Waals surface area contributed by atoms with Gasteiger partial charge in [0.2, 0.25) is 0 Å². The molecule has 7 heteroatoms. The third kappa shape index (κ3) is 3.55. The monoisotopic (exact) mass is 497 g/mol. The molecule has 0 saturated heterocycles. The normalized spacial score (nSPS) is 15.9. The van der Waals surface area contributed by atoms with E-state index in [9.17, 15) is 13.2 Å². The van der Waals surface area contributed by atoms with Crippen LogP contribution in [0.2, 0.25) is 0 Å². The Labute approximate surface area is 188 Å². The molecular weight excluding hydrogens is 478 g/mol. The van der Waals surface area contributed by atoms with Crippen molar-refractivity contribution in [2.45, 2.75) is 31.6 Å². The Hall–Kier alpha value is -2.64. The minimum atomic E-state index is -3.81. The summed E-state index contributed by atoms with van der Waals surface area (Å²) in [6.45, 7) is 4.08. The van der Waals surface area contributed by atoms with E-state index in [0.29, 0.717) is 45.3 Å². The van der Waals surface area contributed by atoms with Gasteiger partial charge in [-0.15, -0.1) is 0 Å². The van der Waals surface area contributed by atoms with E-state index in [4.69, 9.17) is 4.42 Å². The van der Waals surface area contributed by atoms with Crippen molar-refractivity contribution < 1.29 is 17.6 Å². The Morgan fingerprint density at radius 2 is 1.74 bits per heavy atom. The second-order valence-corrected chi connectivity index (χ2v) is 11.3. The van der Waals surface area contributed by atoms with E-state index in [1.54, 1.807) is 30.3 Å². The van der Waals surface area contributed by atoms with Gasteiger partial charge in [0.05, 0.1) is 20.6 Å². The van der Waals surface area contributed by atoms with Crippen molar-refractivity contribution in [2.24, 2.45) is 5.41 Å². The average Bonchev–Trinajstić information content (AvgIpc) is 3.05. The average molecular weight is 498 g/mol. The van der Waals surface area contributed by atoms with Crippen LogP contribution in [0.25, 0.3) is 21.7 Å². The van der Waals surface area contributed by atoms with Crippen molar-refractivity contribution in [3.05, 3.63) is 70.4 Å². The Morgan fingerprint density at radius 1 is 1.00 bits per heavy atom. The molecule has 0 amide bonds. The summed E-state index contributed by atoms with van der Waals surface area (Å²) in [6.07, 6.45) is 1.09. The van der Waals surface area contributed by atoms with Gasteiger partial charge in [-0.05, 0) is 56.4 Å². The molecule has 0 unspecified atom stereocenters. The van der Waals surface area contributed by atoms with Gasteiger partial charge in [-0.3, -0.25) is 9.52 Å². The summed E-state index contributed by atoms with van der Waals surface area (Å²) in [5.74, 6) is 0.679. The molecule has 0 radical (unpaired) electrons. The number of anilines is 1. The molecular formula is C24H20BrNO4S. The predicted octanol–water partition coefficient (Wildman–Crippen LogP) is 6.30. The van der Waals surface area contributed by atoms with Crippen LogP contribution in [-0.4, -0.2) is 14.2 Å². The molecule has 0 spiro atoms.